The van der Waals surface area contributed by atoms with Crippen LogP contribution >= 0.6 is 11.6 Å². The molecule has 2 rings (SSSR count). The largest absolute Gasteiger partial charge is 0.493 e. The standard InChI is InChI=1S/C17H16ClFN2O3/c1-23-15-7-6-11(8-16(15)24-2)9-17(22)21-20-10-12-13(18)4-3-5-14(12)19/h3-8,10H,9H2,1-2H3,(H,21,22). The van der Waals surface area contributed by atoms with Gasteiger partial charge in [0.2, 0.25) is 5.91 Å². The first-order valence-corrected chi connectivity index (χ1v) is 7.39. The number of carbonyl (C=O) groups is 1. The van der Waals surface area contributed by atoms with Gasteiger partial charge in [0.05, 0.1) is 31.9 Å². The molecule has 1 amide bonds. The van der Waals surface area contributed by atoms with Gasteiger partial charge in [-0.1, -0.05) is 23.7 Å². The fraction of sp³-hybridized carbons (Fsp3) is 0.176. The number of halogens is 2. The van der Waals surface area contributed by atoms with Crippen LogP contribution in [0, 0.1) is 5.82 Å². The van der Waals surface area contributed by atoms with Crippen molar-refractivity contribution in [2.45, 2.75) is 6.42 Å². The first-order chi connectivity index (χ1) is 11.5. The molecule has 126 valence electrons. The van der Waals surface area contributed by atoms with Crippen LogP contribution in [-0.4, -0.2) is 26.3 Å². The fourth-order valence-corrected chi connectivity index (χ4v) is 2.23. The molecule has 5 nitrogen and oxygen atoms in total. The molecule has 0 spiro atoms. The maximum atomic E-state index is 13.6. The average Bonchev–Trinajstić information content (AvgIpc) is 2.57. The average molecular weight is 351 g/mol. The Morgan fingerprint density at radius 1 is 1.25 bits per heavy atom. The summed E-state index contributed by atoms with van der Waals surface area (Å²) in [4.78, 5) is 11.9. The third kappa shape index (κ3) is 4.45. The number of hydrogen-bond acceptors (Lipinski definition) is 4. The van der Waals surface area contributed by atoms with Crippen LogP contribution in [0.2, 0.25) is 5.02 Å². The molecule has 2 aromatic carbocycles. The normalized spacial score (nSPS) is 10.7. The van der Waals surface area contributed by atoms with Crippen molar-refractivity contribution in [3.05, 3.63) is 58.4 Å². The zero-order chi connectivity index (χ0) is 17.5. The monoisotopic (exact) mass is 350 g/mol. The molecule has 0 aliphatic heterocycles. The van der Waals surface area contributed by atoms with Gasteiger partial charge < -0.3 is 9.47 Å². The fourth-order valence-electron chi connectivity index (χ4n) is 2.02. The van der Waals surface area contributed by atoms with E-state index in [9.17, 15) is 9.18 Å². The minimum Gasteiger partial charge on any atom is -0.493 e. The number of nitrogens with one attached hydrogen (secondary N) is 1. The van der Waals surface area contributed by atoms with E-state index in [-0.39, 0.29) is 22.9 Å². The second-order valence-electron chi connectivity index (χ2n) is 4.79. The number of rotatable bonds is 6. The number of hydrazone groups is 1. The van der Waals surface area contributed by atoms with Gasteiger partial charge in [-0.05, 0) is 29.8 Å². The maximum absolute atomic E-state index is 13.6. The Balaban J connectivity index is 2.00. The van der Waals surface area contributed by atoms with E-state index in [1.165, 1.54) is 38.6 Å². The van der Waals surface area contributed by atoms with E-state index in [0.29, 0.717) is 11.5 Å². The van der Waals surface area contributed by atoms with Crippen molar-refractivity contribution in [3.8, 4) is 11.5 Å². The number of nitrogens with zero attached hydrogens (tertiary/aromatic N) is 1. The Kier molecular flexibility index (Phi) is 6.14. The highest BCUT2D eigenvalue weighted by Gasteiger charge is 2.08. The predicted octanol–water partition coefficient (Wildman–Crippen LogP) is 3.19. The SMILES string of the molecule is COc1ccc(CC(=O)NN=Cc2c(F)cccc2Cl)cc1OC. The Morgan fingerprint density at radius 2 is 2.00 bits per heavy atom. The topological polar surface area (TPSA) is 59.9 Å². The molecule has 0 atom stereocenters. The molecule has 0 fully saturated rings. The van der Waals surface area contributed by atoms with Crippen LogP contribution in [0.15, 0.2) is 41.5 Å². The highest BCUT2D eigenvalue weighted by atomic mass is 35.5. The lowest BCUT2D eigenvalue weighted by Crippen LogP contribution is -2.19. The lowest BCUT2D eigenvalue weighted by atomic mass is 10.1. The Hall–Kier alpha value is -2.60. The highest BCUT2D eigenvalue weighted by Crippen LogP contribution is 2.27. The van der Waals surface area contributed by atoms with Gasteiger partial charge in [-0.3, -0.25) is 4.79 Å². The predicted molar refractivity (Wildman–Crippen MR) is 90.4 cm³/mol. The highest BCUT2D eigenvalue weighted by molar-refractivity contribution is 6.33. The molecule has 0 aliphatic carbocycles. The quantitative estimate of drug-likeness (QED) is 0.643. The lowest BCUT2D eigenvalue weighted by molar-refractivity contribution is -0.120. The van der Waals surface area contributed by atoms with Gasteiger partial charge in [-0.2, -0.15) is 5.10 Å². The van der Waals surface area contributed by atoms with Crippen molar-refractivity contribution in [3.63, 3.8) is 0 Å². The van der Waals surface area contributed by atoms with Gasteiger partial charge in [-0.25, -0.2) is 9.82 Å². The number of ether oxygens (including phenoxy) is 2. The van der Waals surface area contributed by atoms with E-state index in [1.54, 1.807) is 18.2 Å². The summed E-state index contributed by atoms with van der Waals surface area (Å²) in [5.41, 5.74) is 3.18. The summed E-state index contributed by atoms with van der Waals surface area (Å²) in [6.07, 6.45) is 1.26. The zero-order valence-corrected chi connectivity index (χ0v) is 13.9. The number of hydrogen-bond donors (Lipinski definition) is 1. The molecule has 0 saturated carbocycles. The summed E-state index contributed by atoms with van der Waals surface area (Å²) in [5, 5.41) is 3.95. The van der Waals surface area contributed by atoms with Crippen molar-refractivity contribution in [2.24, 2.45) is 5.10 Å². The Labute approximate surface area is 144 Å². The van der Waals surface area contributed by atoms with E-state index in [4.69, 9.17) is 21.1 Å². The third-order valence-electron chi connectivity index (χ3n) is 3.20. The minimum atomic E-state index is -0.514. The van der Waals surface area contributed by atoms with Gasteiger partial charge >= 0.3 is 0 Å². The summed E-state index contributed by atoms with van der Waals surface area (Å²) < 4.78 is 23.9. The van der Waals surface area contributed by atoms with E-state index in [0.717, 1.165) is 5.56 Å². The van der Waals surface area contributed by atoms with Crippen molar-refractivity contribution in [1.82, 2.24) is 5.43 Å². The van der Waals surface area contributed by atoms with Crippen LogP contribution in [0.5, 0.6) is 11.5 Å². The molecule has 0 bridgehead atoms. The number of amides is 1. The summed E-state index contributed by atoms with van der Waals surface area (Å²) in [5.74, 6) is 0.240. The number of carbonyl (C=O) groups excluding carboxylic acids is 1. The van der Waals surface area contributed by atoms with Crippen LogP contribution in [0.3, 0.4) is 0 Å². The van der Waals surface area contributed by atoms with Crippen LogP contribution in [0.25, 0.3) is 0 Å². The molecule has 24 heavy (non-hydrogen) atoms. The summed E-state index contributed by atoms with van der Waals surface area (Å²) >= 11 is 5.87. The molecular formula is C17H16ClFN2O3. The third-order valence-corrected chi connectivity index (χ3v) is 3.52. The first kappa shape index (κ1) is 17.7. The number of benzene rings is 2. The zero-order valence-electron chi connectivity index (χ0n) is 13.2. The van der Waals surface area contributed by atoms with Gasteiger partial charge in [0.25, 0.3) is 0 Å². The van der Waals surface area contributed by atoms with Gasteiger partial charge in [0, 0.05) is 5.56 Å². The van der Waals surface area contributed by atoms with Crippen molar-refractivity contribution >= 4 is 23.7 Å². The molecule has 0 heterocycles. The summed E-state index contributed by atoms with van der Waals surface area (Å²) in [6.45, 7) is 0. The van der Waals surface area contributed by atoms with Crippen molar-refractivity contribution < 1.29 is 18.7 Å². The van der Waals surface area contributed by atoms with Gasteiger partial charge in [0.15, 0.2) is 11.5 Å². The van der Waals surface area contributed by atoms with Crippen molar-refractivity contribution in [2.75, 3.05) is 14.2 Å². The van der Waals surface area contributed by atoms with E-state index < -0.39 is 5.82 Å². The molecular weight excluding hydrogens is 335 g/mol. The molecule has 0 aliphatic rings. The molecule has 1 N–H and O–H groups in total. The lowest BCUT2D eigenvalue weighted by Gasteiger charge is -2.09. The smallest absolute Gasteiger partial charge is 0.244 e. The van der Waals surface area contributed by atoms with E-state index in [1.807, 2.05) is 0 Å². The molecule has 0 radical (unpaired) electrons. The Morgan fingerprint density at radius 3 is 2.67 bits per heavy atom. The van der Waals surface area contributed by atoms with Gasteiger partial charge in [0.1, 0.15) is 5.82 Å². The minimum absolute atomic E-state index is 0.0860. The van der Waals surface area contributed by atoms with Crippen molar-refractivity contribution in [1.29, 1.82) is 0 Å². The van der Waals surface area contributed by atoms with Crippen LogP contribution in [0.1, 0.15) is 11.1 Å². The van der Waals surface area contributed by atoms with E-state index in [2.05, 4.69) is 10.5 Å². The molecule has 0 unspecified atom stereocenters. The molecule has 7 heteroatoms. The number of methoxy groups -OCH3 is 2. The molecule has 0 saturated heterocycles. The molecule has 0 aromatic heterocycles. The second kappa shape index (κ2) is 8.31. The summed E-state index contributed by atoms with van der Waals surface area (Å²) in [6, 6.07) is 9.46. The van der Waals surface area contributed by atoms with Crippen LogP contribution < -0.4 is 14.9 Å². The first-order valence-electron chi connectivity index (χ1n) is 7.02. The summed E-state index contributed by atoms with van der Waals surface area (Å²) in [7, 11) is 3.05. The van der Waals surface area contributed by atoms with Gasteiger partial charge in [-0.15, -0.1) is 0 Å². The van der Waals surface area contributed by atoms with Crippen LogP contribution in [0.4, 0.5) is 4.39 Å². The maximum Gasteiger partial charge on any atom is 0.244 e. The van der Waals surface area contributed by atoms with Crippen LogP contribution in [-0.2, 0) is 11.2 Å². The second-order valence-corrected chi connectivity index (χ2v) is 5.20. The van der Waals surface area contributed by atoms with E-state index >= 15 is 0 Å². The molecule has 2 aromatic rings. The Bertz CT molecular complexity index is 745.